The normalized spacial score (nSPS) is 38.5. The summed E-state index contributed by atoms with van der Waals surface area (Å²) >= 11 is 0. The molecule has 0 saturated carbocycles. The van der Waals surface area contributed by atoms with Crippen LogP contribution in [-0.2, 0) is 14.2 Å². The van der Waals surface area contributed by atoms with Crippen LogP contribution in [0.15, 0.2) is 12.7 Å². The number of nitrogens with two attached hydrogens (primary N) is 1. The number of hydrogen-bond acceptors (Lipinski definition) is 12. The summed E-state index contributed by atoms with van der Waals surface area (Å²) in [5, 5.41) is 50.1. The van der Waals surface area contributed by atoms with Gasteiger partial charge >= 0.3 is 0 Å². The Bertz CT molecular complexity index is 851. The smallest absolute Gasteiger partial charge is 0.219 e. The van der Waals surface area contributed by atoms with Crippen molar-refractivity contribution < 1.29 is 39.7 Å². The van der Waals surface area contributed by atoms with E-state index in [-0.39, 0.29) is 5.82 Å². The number of imidazole rings is 1. The van der Waals surface area contributed by atoms with E-state index in [1.54, 1.807) is 0 Å². The van der Waals surface area contributed by atoms with Crippen LogP contribution in [0.5, 0.6) is 0 Å². The van der Waals surface area contributed by atoms with Crippen LogP contribution in [0, 0.1) is 0 Å². The maximum atomic E-state index is 10.7. The zero-order valence-corrected chi connectivity index (χ0v) is 14.6. The Morgan fingerprint density at radius 3 is 2.64 bits per heavy atom. The van der Waals surface area contributed by atoms with Gasteiger partial charge in [0.2, 0.25) is 5.79 Å². The van der Waals surface area contributed by atoms with Crippen molar-refractivity contribution in [3.63, 3.8) is 0 Å². The third-order valence-corrected chi connectivity index (χ3v) is 4.99. The number of rotatable bonds is 5. The van der Waals surface area contributed by atoms with Crippen molar-refractivity contribution in [1.29, 1.82) is 0 Å². The zero-order valence-electron chi connectivity index (χ0n) is 14.6. The first-order valence-electron chi connectivity index (χ1n) is 8.57. The van der Waals surface area contributed by atoms with E-state index in [0.717, 1.165) is 0 Å². The van der Waals surface area contributed by atoms with E-state index in [1.807, 2.05) is 0 Å². The molecule has 7 atom stereocenters. The van der Waals surface area contributed by atoms with Crippen molar-refractivity contribution in [3.05, 3.63) is 12.7 Å². The molecule has 154 valence electrons. The van der Waals surface area contributed by atoms with Crippen molar-refractivity contribution in [2.75, 3.05) is 25.6 Å². The Morgan fingerprint density at radius 1 is 1.21 bits per heavy atom. The molecule has 13 heteroatoms. The third-order valence-electron chi connectivity index (χ3n) is 4.99. The van der Waals surface area contributed by atoms with Crippen LogP contribution in [-0.4, -0.2) is 101 Å². The lowest BCUT2D eigenvalue weighted by molar-refractivity contribution is -0.280. The molecular formula is C15H21N5O8. The average Bonchev–Trinajstić information content (AvgIpc) is 3.32. The second-order valence-electron chi connectivity index (χ2n) is 6.73. The van der Waals surface area contributed by atoms with Crippen molar-refractivity contribution >= 4 is 17.0 Å². The van der Waals surface area contributed by atoms with Crippen LogP contribution >= 0.6 is 0 Å². The van der Waals surface area contributed by atoms with E-state index in [2.05, 4.69) is 15.0 Å². The number of nitrogen functional groups attached to an aromatic ring is 1. The van der Waals surface area contributed by atoms with Crippen molar-refractivity contribution in [3.8, 4) is 0 Å². The number of ether oxygens (including phenoxy) is 3. The van der Waals surface area contributed by atoms with E-state index in [1.165, 1.54) is 17.2 Å². The fourth-order valence-corrected chi connectivity index (χ4v) is 3.46. The van der Waals surface area contributed by atoms with Gasteiger partial charge in [-0.2, -0.15) is 0 Å². The predicted octanol–water partition coefficient (Wildman–Crippen LogP) is -3.52. The second kappa shape index (κ2) is 7.13. The maximum absolute atomic E-state index is 10.7. The van der Waals surface area contributed by atoms with Crippen LogP contribution in [0.3, 0.4) is 0 Å². The molecule has 2 aromatic heterocycles. The third kappa shape index (κ3) is 2.92. The number of aliphatic hydroxyl groups is 5. The highest BCUT2D eigenvalue weighted by Gasteiger charge is 2.55. The fourth-order valence-electron chi connectivity index (χ4n) is 3.46. The number of anilines is 1. The largest absolute Gasteiger partial charge is 0.394 e. The Labute approximate surface area is 157 Å². The van der Waals surface area contributed by atoms with Gasteiger partial charge in [-0.05, 0) is 0 Å². The van der Waals surface area contributed by atoms with Crippen molar-refractivity contribution in [2.45, 2.75) is 42.5 Å². The lowest BCUT2D eigenvalue weighted by atomic mass is 10.1. The number of hydrogen-bond donors (Lipinski definition) is 6. The van der Waals surface area contributed by atoms with E-state index in [4.69, 9.17) is 19.9 Å². The summed E-state index contributed by atoms with van der Waals surface area (Å²) in [5.41, 5.74) is 6.38. The number of aromatic nitrogens is 4. The first-order chi connectivity index (χ1) is 13.4. The van der Waals surface area contributed by atoms with Crippen LogP contribution in [0.25, 0.3) is 11.2 Å². The summed E-state index contributed by atoms with van der Waals surface area (Å²) in [7, 11) is 0. The zero-order chi connectivity index (χ0) is 20.1. The molecule has 0 radical (unpaired) electrons. The van der Waals surface area contributed by atoms with E-state index in [9.17, 15) is 25.5 Å². The lowest BCUT2D eigenvalue weighted by Crippen LogP contribution is -2.52. The van der Waals surface area contributed by atoms with Gasteiger partial charge in [0.1, 0.15) is 49.0 Å². The quantitative estimate of drug-likeness (QED) is 0.271. The summed E-state index contributed by atoms with van der Waals surface area (Å²) in [5.74, 6) is -2.06. The highest BCUT2D eigenvalue weighted by Crippen LogP contribution is 2.38. The molecule has 2 aliphatic heterocycles. The molecule has 7 N–H and O–H groups in total. The Kier molecular flexibility index (Phi) is 4.93. The molecular weight excluding hydrogens is 378 g/mol. The van der Waals surface area contributed by atoms with Gasteiger partial charge in [0, 0.05) is 0 Å². The number of fused-ring (bicyclic) bond motifs is 1. The van der Waals surface area contributed by atoms with E-state index in [0.29, 0.717) is 11.2 Å². The number of nitrogens with zero attached hydrogens (tertiary/aromatic N) is 4. The van der Waals surface area contributed by atoms with Crippen molar-refractivity contribution in [1.82, 2.24) is 19.5 Å². The average molecular weight is 399 g/mol. The first-order valence-corrected chi connectivity index (χ1v) is 8.57. The van der Waals surface area contributed by atoms with Gasteiger partial charge in [-0.1, -0.05) is 0 Å². The van der Waals surface area contributed by atoms with E-state index < -0.39 is 62.4 Å². The Hall–Kier alpha value is -1.97. The van der Waals surface area contributed by atoms with Crippen LogP contribution in [0.4, 0.5) is 5.82 Å². The SMILES string of the molecule is Nc1ncnc2c1ncn2[C@@H]1O[C@H](CO)C(O)C1O[C@@]1(O)CO[C@H](CO)[C@H]1O. The first kappa shape index (κ1) is 19.4. The molecule has 28 heavy (non-hydrogen) atoms. The van der Waals surface area contributed by atoms with Gasteiger partial charge in [0.05, 0.1) is 19.5 Å². The highest BCUT2D eigenvalue weighted by atomic mass is 16.7. The summed E-state index contributed by atoms with van der Waals surface area (Å²) in [6, 6.07) is 0. The van der Waals surface area contributed by atoms with E-state index >= 15 is 0 Å². The minimum Gasteiger partial charge on any atom is -0.394 e. The molecule has 0 amide bonds. The summed E-state index contributed by atoms with van der Waals surface area (Å²) < 4.78 is 17.9. The van der Waals surface area contributed by atoms with Gasteiger partial charge in [-0.25, -0.2) is 15.0 Å². The molecule has 0 spiro atoms. The van der Waals surface area contributed by atoms with Gasteiger partial charge in [0.25, 0.3) is 0 Å². The van der Waals surface area contributed by atoms with Gasteiger partial charge in [-0.3, -0.25) is 4.57 Å². The van der Waals surface area contributed by atoms with Crippen LogP contribution in [0.2, 0.25) is 0 Å². The molecule has 2 saturated heterocycles. The minimum atomic E-state index is -2.20. The van der Waals surface area contributed by atoms with Crippen molar-refractivity contribution in [2.24, 2.45) is 0 Å². The second-order valence-corrected chi connectivity index (χ2v) is 6.73. The fraction of sp³-hybridized carbons (Fsp3) is 0.667. The summed E-state index contributed by atoms with van der Waals surface area (Å²) in [6.45, 7) is -1.47. The van der Waals surface area contributed by atoms with Crippen LogP contribution in [0.1, 0.15) is 6.23 Å². The predicted molar refractivity (Wildman–Crippen MR) is 89.4 cm³/mol. The summed E-state index contributed by atoms with van der Waals surface area (Å²) in [6.07, 6.45) is -4.68. The minimum absolute atomic E-state index is 0.141. The molecule has 2 aromatic rings. The van der Waals surface area contributed by atoms with Gasteiger partial charge in [-0.15, -0.1) is 0 Å². The van der Waals surface area contributed by atoms with Gasteiger partial charge < -0.3 is 45.5 Å². The molecule has 4 heterocycles. The molecule has 2 fully saturated rings. The number of aliphatic hydroxyl groups excluding tert-OH is 4. The maximum Gasteiger partial charge on any atom is 0.219 e. The molecule has 2 unspecified atom stereocenters. The van der Waals surface area contributed by atoms with Crippen LogP contribution < -0.4 is 5.73 Å². The highest BCUT2D eigenvalue weighted by molar-refractivity contribution is 5.81. The van der Waals surface area contributed by atoms with Gasteiger partial charge in [0.15, 0.2) is 17.7 Å². The molecule has 0 aliphatic carbocycles. The molecule has 0 aromatic carbocycles. The standard InChI is InChI=1S/C15H21N5O8/c16-12-8-13(18-4-17-12)20(5-19-8)14-10(9(23)6(1-21)27-14)28-15(25)3-26-7(2-22)11(15)24/h4-7,9-11,14,21-25H,1-3H2,(H2,16,17,18)/t6-,7-,9?,10?,11-,14-,15+/m1/s1. The lowest BCUT2D eigenvalue weighted by Gasteiger charge is -2.32. The molecule has 13 nitrogen and oxygen atoms in total. The molecule has 0 bridgehead atoms. The summed E-state index contributed by atoms with van der Waals surface area (Å²) in [4.78, 5) is 12.1. The monoisotopic (exact) mass is 399 g/mol. The Balaban J connectivity index is 1.68. The Morgan fingerprint density at radius 2 is 1.96 bits per heavy atom. The molecule has 2 aliphatic rings. The molecule has 4 rings (SSSR count). The topological polar surface area (TPSA) is 198 Å².